The van der Waals surface area contributed by atoms with E-state index in [-0.39, 0.29) is 24.4 Å². The summed E-state index contributed by atoms with van der Waals surface area (Å²) in [5.41, 5.74) is 0.782. The predicted octanol–water partition coefficient (Wildman–Crippen LogP) is 2.83. The molecule has 1 fully saturated rings. The smallest absolute Gasteiger partial charge is 0.228 e. The molecule has 1 amide bonds. The molecule has 0 spiro atoms. The zero-order chi connectivity index (χ0) is 14.5. The van der Waals surface area contributed by atoms with E-state index in [0.717, 1.165) is 23.7 Å². The first kappa shape index (κ1) is 18.4. The highest BCUT2D eigenvalue weighted by Gasteiger charge is 2.20. The van der Waals surface area contributed by atoms with Crippen molar-refractivity contribution in [2.45, 2.75) is 12.5 Å². The van der Waals surface area contributed by atoms with Crippen LogP contribution in [0, 0.1) is 0 Å². The molecule has 4 nitrogen and oxygen atoms in total. The Morgan fingerprint density at radius 3 is 2.90 bits per heavy atom. The number of methoxy groups -OCH3 is 1. The fourth-order valence-electron chi connectivity index (χ4n) is 2.11. The molecule has 7 heteroatoms. The number of amides is 1. The molecule has 1 aromatic rings. The molecule has 1 heterocycles. The van der Waals surface area contributed by atoms with Gasteiger partial charge in [-0.25, -0.2) is 0 Å². The van der Waals surface area contributed by atoms with E-state index in [4.69, 9.17) is 16.3 Å². The summed E-state index contributed by atoms with van der Waals surface area (Å²) in [5.74, 6) is 2.81. The van der Waals surface area contributed by atoms with Crippen molar-refractivity contribution in [2.75, 3.05) is 37.1 Å². The first-order valence-electron chi connectivity index (χ1n) is 6.53. The van der Waals surface area contributed by atoms with Crippen LogP contribution in [0.25, 0.3) is 0 Å². The Labute approximate surface area is 141 Å². The van der Waals surface area contributed by atoms with Gasteiger partial charge in [0.05, 0.1) is 12.1 Å². The number of hydrogen-bond donors (Lipinski definition) is 1. The van der Waals surface area contributed by atoms with Crippen LogP contribution in [0.1, 0.15) is 6.42 Å². The van der Waals surface area contributed by atoms with Crippen LogP contribution in [0.15, 0.2) is 18.2 Å². The van der Waals surface area contributed by atoms with Gasteiger partial charge < -0.3 is 15.0 Å². The van der Waals surface area contributed by atoms with Crippen molar-refractivity contribution in [3.63, 3.8) is 0 Å². The third kappa shape index (κ3) is 4.95. The molecule has 1 aromatic carbocycles. The van der Waals surface area contributed by atoms with Crippen LogP contribution < -0.4 is 15.0 Å². The van der Waals surface area contributed by atoms with E-state index >= 15 is 0 Å². The molecule has 1 aliphatic heterocycles. The Kier molecular flexibility index (Phi) is 7.66. The minimum atomic E-state index is 0. The number of carbonyl (C=O) groups excluding carboxylic acids is 1. The summed E-state index contributed by atoms with van der Waals surface area (Å²) in [6, 6.07) is 5.63. The minimum Gasteiger partial charge on any atom is -0.495 e. The molecule has 2 rings (SSSR count). The fourth-order valence-corrected chi connectivity index (χ4v) is 3.31. The second kappa shape index (κ2) is 8.73. The maximum atomic E-state index is 12.3. The number of rotatable bonds is 4. The molecule has 118 valence electrons. The fraction of sp³-hybridized carbons (Fsp3) is 0.500. The van der Waals surface area contributed by atoms with Gasteiger partial charge in [-0.1, -0.05) is 11.6 Å². The van der Waals surface area contributed by atoms with E-state index in [1.54, 1.807) is 31.2 Å². The van der Waals surface area contributed by atoms with E-state index in [0.29, 0.717) is 17.2 Å². The number of nitrogens with zero attached hydrogens (tertiary/aromatic N) is 1. The lowest BCUT2D eigenvalue weighted by molar-refractivity contribution is -0.118. The summed E-state index contributed by atoms with van der Waals surface area (Å²) in [6.07, 6.45) is 0.507. The van der Waals surface area contributed by atoms with E-state index in [2.05, 4.69) is 5.32 Å². The maximum Gasteiger partial charge on any atom is 0.228 e. The van der Waals surface area contributed by atoms with Gasteiger partial charge >= 0.3 is 0 Å². The van der Waals surface area contributed by atoms with Gasteiger partial charge in [-0.2, -0.15) is 11.8 Å². The Morgan fingerprint density at radius 2 is 2.33 bits per heavy atom. The van der Waals surface area contributed by atoms with Gasteiger partial charge in [0.2, 0.25) is 5.91 Å². The molecule has 0 saturated carbocycles. The molecule has 0 bridgehead atoms. The maximum absolute atomic E-state index is 12.3. The average molecular weight is 351 g/mol. The third-order valence-electron chi connectivity index (χ3n) is 3.32. The molecule has 1 atom stereocenters. The number of ether oxygens (including phenoxy) is 1. The molecule has 0 aliphatic carbocycles. The first-order chi connectivity index (χ1) is 9.61. The molecule has 1 aliphatic rings. The van der Waals surface area contributed by atoms with Crippen molar-refractivity contribution in [3.8, 4) is 5.75 Å². The Balaban J connectivity index is 0.00000220. The van der Waals surface area contributed by atoms with E-state index in [1.807, 2.05) is 17.8 Å². The summed E-state index contributed by atoms with van der Waals surface area (Å²) in [7, 11) is 3.35. The minimum absolute atomic E-state index is 0. The standard InChI is InChI=1S/C14H19ClN2O2S.ClH/c1-17(11-3-4-13(19-2)12(15)8-11)14(18)7-10-9-20-6-5-16-10;/h3-4,8,10,16H,5-7,9H2,1-2H3;1H. The normalized spacial score (nSPS) is 17.8. The number of thioether (sulfide) groups is 1. The average Bonchev–Trinajstić information content (AvgIpc) is 2.47. The van der Waals surface area contributed by atoms with E-state index in [1.165, 1.54) is 0 Å². The monoisotopic (exact) mass is 350 g/mol. The highest BCUT2D eigenvalue weighted by Crippen LogP contribution is 2.29. The number of nitrogens with one attached hydrogen (secondary N) is 1. The number of hydrogen-bond acceptors (Lipinski definition) is 4. The second-order valence-corrected chi connectivity index (χ2v) is 6.26. The van der Waals surface area contributed by atoms with E-state index < -0.39 is 0 Å². The molecule has 1 saturated heterocycles. The third-order valence-corrected chi connectivity index (χ3v) is 4.74. The zero-order valence-electron chi connectivity index (χ0n) is 12.1. The molecule has 0 radical (unpaired) electrons. The topological polar surface area (TPSA) is 41.6 Å². The van der Waals surface area contributed by atoms with Crippen LogP contribution in [0.4, 0.5) is 5.69 Å². The summed E-state index contributed by atoms with van der Waals surface area (Å²) in [4.78, 5) is 13.9. The molecule has 21 heavy (non-hydrogen) atoms. The lowest BCUT2D eigenvalue weighted by Crippen LogP contribution is -2.41. The summed E-state index contributed by atoms with van der Waals surface area (Å²) in [6.45, 7) is 0.973. The predicted molar refractivity (Wildman–Crippen MR) is 92.4 cm³/mol. The zero-order valence-corrected chi connectivity index (χ0v) is 14.5. The van der Waals surface area contributed by atoms with Gasteiger partial charge in [-0.05, 0) is 18.2 Å². The van der Waals surface area contributed by atoms with Crippen molar-refractivity contribution >= 4 is 47.4 Å². The van der Waals surface area contributed by atoms with Gasteiger partial charge in [0, 0.05) is 43.2 Å². The molecular formula is C14H20Cl2N2O2S. The highest BCUT2D eigenvalue weighted by atomic mass is 35.5. The Hall–Kier alpha value is -0.620. The van der Waals surface area contributed by atoms with Gasteiger partial charge in [0.15, 0.2) is 0 Å². The van der Waals surface area contributed by atoms with Crippen LogP contribution in [-0.4, -0.2) is 44.2 Å². The number of benzene rings is 1. The van der Waals surface area contributed by atoms with Crippen LogP contribution in [0.3, 0.4) is 0 Å². The Morgan fingerprint density at radius 1 is 1.57 bits per heavy atom. The van der Waals surface area contributed by atoms with Gasteiger partial charge in [-0.3, -0.25) is 4.79 Å². The van der Waals surface area contributed by atoms with Gasteiger partial charge in [-0.15, -0.1) is 12.4 Å². The number of anilines is 1. The lowest BCUT2D eigenvalue weighted by atomic mass is 10.2. The second-order valence-electron chi connectivity index (χ2n) is 4.70. The lowest BCUT2D eigenvalue weighted by Gasteiger charge is -2.25. The summed E-state index contributed by atoms with van der Waals surface area (Å²) in [5, 5.41) is 3.88. The first-order valence-corrected chi connectivity index (χ1v) is 8.06. The quantitative estimate of drug-likeness (QED) is 0.906. The van der Waals surface area contributed by atoms with E-state index in [9.17, 15) is 4.79 Å². The van der Waals surface area contributed by atoms with Crippen LogP contribution >= 0.6 is 35.8 Å². The number of carbonyl (C=O) groups is 1. The van der Waals surface area contributed by atoms with Gasteiger partial charge in [0.1, 0.15) is 5.75 Å². The molecule has 0 aromatic heterocycles. The molecule has 1 N–H and O–H groups in total. The highest BCUT2D eigenvalue weighted by molar-refractivity contribution is 7.99. The van der Waals surface area contributed by atoms with Crippen molar-refractivity contribution in [2.24, 2.45) is 0 Å². The summed E-state index contributed by atoms with van der Waals surface area (Å²) >= 11 is 7.98. The molecular weight excluding hydrogens is 331 g/mol. The van der Waals surface area contributed by atoms with Crippen molar-refractivity contribution in [1.82, 2.24) is 5.32 Å². The van der Waals surface area contributed by atoms with Crippen molar-refractivity contribution in [1.29, 1.82) is 0 Å². The van der Waals surface area contributed by atoms with Crippen LogP contribution in [-0.2, 0) is 4.79 Å². The largest absolute Gasteiger partial charge is 0.495 e. The van der Waals surface area contributed by atoms with Crippen LogP contribution in [0.5, 0.6) is 5.75 Å². The van der Waals surface area contributed by atoms with Gasteiger partial charge in [0.25, 0.3) is 0 Å². The summed E-state index contributed by atoms with van der Waals surface area (Å²) < 4.78 is 5.11. The SMILES string of the molecule is COc1ccc(N(C)C(=O)CC2CSCCN2)cc1Cl.Cl. The molecule has 1 unspecified atom stereocenters. The number of halogens is 2. The van der Waals surface area contributed by atoms with Crippen molar-refractivity contribution in [3.05, 3.63) is 23.2 Å². The van der Waals surface area contributed by atoms with Crippen molar-refractivity contribution < 1.29 is 9.53 Å². The Bertz CT molecular complexity index is 482. The van der Waals surface area contributed by atoms with Crippen LogP contribution in [0.2, 0.25) is 5.02 Å².